The highest BCUT2D eigenvalue weighted by molar-refractivity contribution is 7.93. The molecule has 1 saturated heterocycles. The van der Waals surface area contributed by atoms with Crippen molar-refractivity contribution in [3.63, 3.8) is 0 Å². The summed E-state index contributed by atoms with van der Waals surface area (Å²) in [7, 11) is -3.79. The first-order valence-electron chi connectivity index (χ1n) is 11.5. The number of amides is 2. The molecular weight excluding hydrogens is 534 g/mol. The second-order valence-corrected chi connectivity index (χ2v) is 11.8. The van der Waals surface area contributed by atoms with Crippen LogP contribution >= 0.6 is 22.9 Å². The predicted octanol–water partition coefficient (Wildman–Crippen LogP) is 4.54. The van der Waals surface area contributed by atoms with Crippen molar-refractivity contribution in [1.82, 2.24) is 14.5 Å². The Hall–Kier alpha value is -3.41. The summed E-state index contributed by atoms with van der Waals surface area (Å²) in [6, 6.07) is 13.1. The number of carbonyl (C=O) groups excluding carboxylic acids is 2. The first-order valence-corrected chi connectivity index (χ1v) is 14.3. The van der Waals surface area contributed by atoms with E-state index < -0.39 is 16.1 Å². The summed E-state index contributed by atoms with van der Waals surface area (Å²) in [4.78, 5) is 33.5. The maximum atomic E-state index is 13.4. The second-order valence-electron chi connectivity index (χ2n) is 8.78. The van der Waals surface area contributed by atoms with Gasteiger partial charge in [0.05, 0.1) is 4.90 Å². The lowest BCUT2D eigenvalue weighted by Crippen LogP contribution is -2.53. The Morgan fingerprint density at radius 2 is 1.92 bits per heavy atom. The number of benzene rings is 2. The predicted molar refractivity (Wildman–Crippen MR) is 147 cm³/mol. The van der Waals surface area contributed by atoms with Crippen molar-refractivity contribution in [1.29, 1.82) is 0 Å². The molecule has 9 nitrogen and oxygen atoms in total. The minimum atomic E-state index is -3.79. The third-order valence-corrected chi connectivity index (χ3v) is 8.79. The summed E-state index contributed by atoms with van der Waals surface area (Å²) in [6.45, 7) is 4.39. The van der Waals surface area contributed by atoms with Crippen molar-refractivity contribution in [2.75, 3.05) is 29.3 Å². The highest BCUT2D eigenvalue weighted by Crippen LogP contribution is 2.28. The van der Waals surface area contributed by atoms with Gasteiger partial charge in [0, 0.05) is 53.4 Å². The standard InChI is InChI=1S/C25H24ClN5O4S2.H2/c1-16-13-18-14-19(26)3-8-22(18)31(16)17(2)24(33)29-10-11-30(23(32)15-29)20-4-6-21(7-5-20)37(34,35)28-25-27-9-12-36-25;/h3-9,12-14,17H,10-11,15H2,1-2H3,(H,27,28);1H. The van der Waals surface area contributed by atoms with Gasteiger partial charge >= 0.3 is 0 Å². The molecule has 0 radical (unpaired) electrons. The van der Waals surface area contributed by atoms with Crippen LogP contribution in [-0.4, -0.2) is 54.3 Å². The molecule has 1 fully saturated rings. The van der Waals surface area contributed by atoms with E-state index in [0.717, 1.165) is 16.6 Å². The van der Waals surface area contributed by atoms with E-state index in [1.165, 1.54) is 29.7 Å². The maximum absolute atomic E-state index is 13.4. The molecule has 5 rings (SSSR count). The van der Waals surface area contributed by atoms with Crippen LogP contribution in [0.1, 0.15) is 20.1 Å². The largest absolute Gasteiger partial charge is 0.333 e. The first kappa shape index (κ1) is 25.2. The Kier molecular flexibility index (Phi) is 6.69. The molecule has 1 atom stereocenters. The van der Waals surface area contributed by atoms with Gasteiger partial charge in [-0.3, -0.25) is 14.3 Å². The Labute approximate surface area is 224 Å². The number of aryl methyl sites for hydroxylation is 1. The summed E-state index contributed by atoms with van der Waals surface area (Å²) in [5.74, 6) is -0.373. The first-order chi connectivity index (χ1) is 17.6. The summed E-state index contributed by atoms with van der Waals surface area (Å²) >= 11 is 7.30. The Morgan fingerprint density at radius 3 is 2.59 bits per heavy atom. The fourth-order valence-corrected chi connectivity index (χ4v) is 6.59. The van der Waals surface area contributed by atoms with Crippen LogP contribution in [0, 0.1) is 6.92 Å². The summed E-state index contributed by atoms with van der Waals surface area (Å²) in [6.07, 6.45) is 1.51. The van der Waals surface area contributed by atoms with E-state index >= 15 is 0 Å². The van der Waals surface area contributed by atoms with Gasteiger partial charge in [0.2, 0.25) is 11.8 Å². The number of halogens is 1. The van der Waals surface area contributed by atoms with E-state index in [1.54, 1.807) is 33.4 Å². The molecule has 1 aliphatic rings. The van der Waals surface area contributed by atoms with Gasteiger partial charge in [-0.15, -0.1) is 11.3 Å². The van der Waals surface area contributed by atoms with Gasteiger partial charge in [0.15, 0.2) is 5.13 Å². The van der Waals surface area contributed by atoms with Crippen molar-refractivity contribution >= 4 is 66.5 Å². The van der Waals surface area contributed by atoms with Crippen LogP contribution in [0.25, 0.3) is 10.9 Å². The Morgan fingerprint density at radius 1 is 1.16 bits per heavy atom. The number of piperazine rings is 1. The molecule has 1 N–H and O–H groups in total. The molecule has 0 aliphatic carbocycles. The average Bonchev–Trinajstić information content (AvgIpc) is 3.49. The Bertz CT molecular complexity index is 1590. The SMILES string of the molecule is Cc1cc2cc(Cl)ccc2n1C(C)C(=O)N1CCN(c2ccc(S(=O)(=O)Nc3nccs3)cc2)C(=O)C1.[HH]. The molecule has 37 heavy (non-hydrogen) atoms. The van der Waals surface area contributed by atoms with Crippen molar-refractivity contribution in [2.24, 2.45) is 0 Å². The zero-order chi connectivity index (χ0) is 26.3. The van der Waals surface area contributed by atoms with Crippen LogP contribution in [0.4, 0.5) is 10.8 Å². The third kappa shape index (κ3) is 4.94. The fraction of sp³-hybridized carbons (Fsp3) is 0.240. The van der Waals surface area contributed by atoms with E-state index in [0.29, 0.717) is 23.8 Å². The molecule has 0 saturated carbocycles. The molecule has 12 heteroatoms. The van der Waals surface area contributed by atoms with E-state index in [4.69, 9.17) is 11.6 Å². The number of thiazole rings is 1. The molecule has 2 aromatic carbocycles. The van der Waals surface area contributed by atoms with Gasteiger partial charge in [-0.1, -0.05) is 11.6 Å². The molecule has 3 heterocycles. The van der Waals surface area contributed by atoms with E-state index in [-0.39, 0.29) is 29.8 Å². The Balaban J connectivity index is 0.00000336. The smallest absolute Gasteiger partial charge is 0.263 e. The van der Waals surface area contributed by atoms with E-state index in [2.05, 4.69) is 9.71 Å². The summed E-state index contributed by atoms with van der Waals surface area (Å²) in [5, 5.41) is 3.54. The number of carbonyl (C=O) groups is 2. The quantitative estimate of drug-likeness (QED) is 0.373. The van der Waals surface area contributed by atoms with Crippen molar-refractivity contribution in [2.45, 2.75) is 24.8 Å². The molecule has 0 bridgehead atoms. The number of aromatic nitrogens is 2. The molecule has 1 unspecified atom stereocenters. The molecular formula is C25H26ClN5O4S2. The van der Waals surface area contributed by atoms with Gasteiger partial charge in [-0.05, 0) is 62.4 Å². The van der Waals surface area contributed by atoms with E-state index in [9.17, 15) is 18.0 Å². The third-order valence-electron chi connectivity index (χ3n) is 6.38. The average molecular weight is 560 g/mol. The van der Waals surface area contributed by atoms with Crippen LogP contribution in [0.15, 0.2) is 65.0 Å². The lowest BCUT2D eigenvalue weighted by atomic mass is 10.2. The van der Waals surface area contributed by atoms with Crippen molar-refractivity contribution < 1.29 is 19.4 Å². The van der Waals surface area contributed by atoms with Crippen LogP contribution < -0.4 is 9.62 Å². The maximum Gasteiger partial charge on any atom is 0.263 e. The van der Waals surface area contributed by atoms with Crippen LogP contribution in [0.2, 0.25) is 5.02 Å². The highest BCUT2D eigenvalue weighted by atomic mass is 35.5. The monoisotopic (exact) mass is 559 g/mol. The lowest BCUT2D eigenvalue weighted by molar-refractivity contribution is -0.139. The number of fused-ring (bicyclic) bond motifs is 1. The number of nitrogens with zero attached hydrogens (tertiary/aromatic N) is 4. The molecule has 2 aromatic heterocycles. The van der Waals surface area contributed by atoms with Gasteiger partial charge in [0.25, 0.3) is 10.0 Å². The number of hydrogen-bond acceptors (Lipinski definition) is 6. The fourth-order valence-electron chi connectivity index (χ4n) is 4.62. The number of nitrogens with one attached hydrogen (secondary N) is 1. The highest BCUT2D eigenvalue weighted by Gasteiger charge is 2.32. The van der Waals surface area contributed by atoms with E-state index in [1.807, 2.05) is 36.6 Å². The number of anilines is 2. The van der Waals surface area contributed by atoms with Gasteiger partial charge in [-0.25, -0.2) is 13.4 Å². The zero-order valence-corrected chi connectivity index (χ0v) is 22.5. The topological polar surface area (TPSA) is 105 Å². The summed E-state index contributed by atoms with van der Waals surface area (Å²) in [5.41, 5.74) is 2.41. The zero-order valence-electron chi connectivity index (χ0n) is 20.1. The lowest BCUT2D eigenvalue weighted by Gasteiger charge is -2.36. The van der Waals surface area contributed by atoms with Crippen LogP contribution in [0.3, 0.4) is 0 Å². The molecule has 1 aliphatic heterocycles. The second kappa shape index (κ2) is 9.81. The molecule has 194 valence electrons. The van der Waals surface area contributed by atoms with Crippen LogP contribution in [-0.2, 0) is 19.6 Å². The van der Waals surface area contributed by atoms with Crippen molar-refractivity contribution in [3.8, 4) is 0 Å². The van der Waals surface area contributed by atoms with Crippen LogP contribution in [0.5, 0.6) is 0 Å². The molecule has 2 amide bonds. The van der Waals surface area contributed by atoms with Gasteiger partial charge < -0.3 is 14.4 Å². The minimum Gasteiger partial charge on any atom is -0.333 e. The van der Waals surface area contributed by atoms with Gasteiger partial charge in [-0.2, -0.15) is 0 Å². The van der Waals surface area contributed by atoms with Gasteiger partial charge in [0.1, 0.15) is 12.6 Å². The summed E-state index contributed by atoms with van der Waals surface area (Å²) < 4.78 is 29.5. The number of hydrogen-bond donors (Lipinski definition) is 1. The van der Waals surface area contributed by atoms with Crippen molar-refractivity contribution in [3.05, 3.63) is 70.8 Å². The minimum absolute atomic E-state index is 0. The number of rotatable bonds is 6. The number of sulfonamides is 1. The molecule has 4 aromatic rings. The normalized spacial score (nSPS) is 15.3. The molecule has 0 spiro atoms.